The van der Waals surface area contributed by atoms with Gasteiger partial charge in [-0.25, -0.2) is 4.98 Å². The standard InChI is InChI=1S/C15H19N5O2/c1-19-10-11(8-18-19)7-13-14(22-2)3-6-20(13)15(21)12-9-16-4-5-17-12/h4-5,8-10,13-14H,3,6-7H2,1-2H3/t13-,14+/m0/s1. The van der Waals surface area contributed by atoms with Crippen molar-refractivity contribution in [1.29, 1.82) is 0 Å². The summed E-state index contributed by atoms with van der Waals surface area (Å²) in [5.74, 6) is -0.0958. The summed E-state index contributed by atoms with van der Waals surface area (Å²) < 4.78 is 7.33. The minimum absolute atomic E-state index is 0.0105. The maximum atomic E-state index is 12.7. The Morgan fingerprint density at radius 2 is 2.27 bits per heavy atom. The van der Waals surface area contributed by atoms with Crippen LogP contribution < -0.4 is 0 Å². The average Bonchev–Trinajstić information content (AvgIpc) is 3.14. The summed E-state index contributed by atoms with van der Waals surface area (Å²) in [7, 11) is 3.58. The first-order chi connectivity index (χ1) is 10.7. The number of hydrogen-bond acceptors (Lipinski definition) is 5. The Balaban J connectivity index is 1.81. The minimum Gasteiger partial charge on any atom is -0.379 e. The van der Waals surface area contributed by atoms with Crippen LogP contribution in [0.2, 0.25) is 0 Å². The molecule has 0 spiro atoms. The zero-order chi connectivity index (χ0) is 15.5. The summed E-state index contributed by atoms with van der Waals surface area (Å²) in [5.41, 5.74) is 1.46. The number of hydrogen-bond donors (Lipinski definition) is 0. The highest BCUT2D eigenvalue weighted by Gasteiger charge is 2.38. The van der Waals surface area contributed by atoms with E-state index in [4.69, 9.17) is 4.74 Å². The highest BCUT2D eigenvalue weighted by atomic mass is 16.5. The van der Waals surface area contributed by atoms with Gasteiger partial charge in [-0.2, -0.15) is 5.10 Å². The van der Waals surface area contributed by atoms with Crippen molar-refractivity contribution in [3.8, 4) is 0 Å². The van der Waals surface area contributed by atoms with Gasteiger partial charge in [0.1, 0.15) is 5.69 Å². The van der Waals surface area contributed by atoms with E-state index in [2.05, 4.69) is 15.1 Å². The van der Waals surface area contributed by atoms with Crippen molar-refractivity contribution in [2.75, 3.05) is 13.7 Å². The van der Waals surface area contributed by atoms with Crippen molar-refractivity contribution in [1.82, 2.24) is 24.6 Å². The molecule has 0 saturated carbocycles. The number of likely N-dealkylation sites (tertiary alicyclic amines) is 1. The van der Waals surface area contributed by atoms with Gasteiger partial charge >= 0.3 is 0 Å². The molecular formula is C15H19N5O2. The number of rotatable bonds is 4. The number of carbonyl (C=O) groups is 1. The number of ether oxygens (including phenoxy) is 1. The van der Waals surface area contributed by atoms with Gasteiger partial charge in [-0.3, -0.25) is 14.5 Å². The van der Waals surface area contributed by atoms with Crippen LogP contribution in [0.15, 0.2) is 31.0 Å². The van der Waals surface area contributed by atoms with Gasteiger partial charge in [0.2, 0.25) is 0 Å². The maximum Gasteiger partial charge on any atom is 0.274 e. The van der Waals surface area contributed by atoms with Gasteiger partial charge in [0.05, 0.1) is 24.5 Å². The van der Waals surface area contributed by atoms with Crippen LogP contribution in [0.25, 0.3) is 0 Å². The first kappa shape index (κ1) is 14.6. The molecule has 0 aliphatic carbocycles. The first-order valence-corrected chi connectivity index (χ1v) is 7.26. The third kappa shape index (κ3) is 2.85. The van der Waals surface area contributed by atoms with E-state index in [0.29, 0.717) is 12.2 Å². The highest BCUT2D eigenvalue weighted by molar-refractivity contribution is 5.92. The molecule has 1 fully saturated rings. The molecule has 22 heavy (non-hydrogen) atoms. The molecule has 2 aromatic rings. The second-order valence-corrected chi connectivity index (χ2v) is 5.45. The zero-order valence-corrected chi connectivity index (χ0v) is 12.7. The smallest absolute Gasteiger partial charge is 0.274 e. The van der Waals surface area contributed by atoms with E-state index in [1.807, 2.05) is 24.3 Å². The van der Waals surface area contributed by atoms with Gasteiger partial charge in [-0.15, -0.1) is 0 Å². The fourth-order valence-corrected chi connectivity index (χ4v) is 2.97. The van der Waals surface area contributed by atoms with Gasteiger partial charge in [0.25, 0.3) is 5.91 Å². The van der Waals surface area contributed by atoms with Crippen LogP contribution in [0.5, 0.6) is 0 Å². The topological polar surface area (TPSA) is 73.1 Å². The largest absolute Gasteiger partial charge is 0.379 e. The van der Waals surface area contributed by atoms with Crippen LogP contribution in [-0.4, -0.2) is 56.4 Å². The highest BCUT2D eigenvalue weighted by Crippen LogP contribution is 2.25. The van der Waals surface area contributed by atoms with Gasteiger partial charge < -0.3 is 9.64 Å². The second kappa shape index (κ2) is 6.23. The summed E-state index contributed by atoms with van der Waals surface area (Å²) in [5, 5.41) is 4.19. The third-order valence-corrected chi connectivity index (χ3v) is 4.03. The lowest BCUT2D eigenvalue weighted by molar-refractivity contribution is 0.0504. The van der Waals surface area contributed by atoms with E-state index < -0.39 is 0 Å². The summed E-state index contributed by atoms with van der Waals surface area (Å²) in [4.78, 5) is 22.6. The van der Waals surface area contributed by atoms with Crippen molar-refractivity contribution < 1.29 is 9.53 Å². The predicted octanol–water partition coefficient (Wildman–Crippen LogP) is 0.682. The first-order valence-electron chi connectivity index (χ1n) is 7.26. The molecule has 2 atom stereocenters. The molecule has 1 aliphatic heterocycles. The van der Waals surface area contributed by atoms with E-state index in [-0.39, 0.29) is 18.1 Å². The quantitative estimate of drug-likeness (QED) is 0.830. The predicted molar refractivity (Wildman–Crippen MR) is 79.2 cm³/mol. The van der Waals surface area contributed by atoms with Crippen molar-refractivity contribution in [3.63, 3.8) is 0 Å². The molecule has 3 rings (SSSR count). The number of nitrogens with zero attached hydrogens (tertiary/aromatic N) is 5. The molecule has 1 saturated heterocycles. The average molecular weight is 301 g/mol. The lowest BCUT2D eigenvalue weighted by atomic mass is 10.0. The van der Waals surface area contributed by atoms with Crippen LogP contribution in [0.4, 0.5) is 0 Å². The lowest BCUT2D eigenvalue weighted by Gasteiger charge is -2.27. The van der Waals surface area contributed by atoms with Crippen molar-refractivity contribution in [3.05, 3.63) is 42.2 Å². The Hall–Kier alpha value is -2.28. The molecule has 0 aromatic carbocycles. The maximum absolute atomic E-state index is 12.7. The summed E-state index contributed by atoms with van der Waals surface area (Å²) in [6.07, 6.45) is 9.97. The van der Waals surface area contributed by atoms with Crippen molar-refractivity contribution >= 4 is 5.91 Å². The van der Waals surface area contributed by atoms with Gasteiger partial charge in [0, 0.05) is 39.3 Å². The number of amides is 1. The van der Waals surface area contributed by atoms with Crippen molar-refractivity contribution in [2.45, 2.75) is 25.0 Å². The lowest BCUT2D eigenvalue weighted by Crippen LogP contribution is -2.42. The molecular weight excluding hydrogens is 282 g/mol. The number of aromatic nitrogens is 4. The molecule has 1 aliphatic rings. The number of methoxy groups -OCH3 is 1. The van der Waals surface area contributed by atoms with Crippen molar-refractivity contribution in [2.24, 2.45) is 7.05 Å². The molecule has 0 N–H and O–H groups in total. The fourth-order valence-electron chi connectivity index (χ4n) is 2.97. The number of aryl methyl sites for hydroxylation is 1. The monoisotopic (exact) mass is 301 g/mol. The third-order valence-electron chi connectivity index (χ3n) is 4.03. The Bertz CT molecular complexity index is 642. The normalized spacial score (nSPS) is 21.3. The molecule has 1 amide bonds. The van der Waals surface area contributed by atoms with E-state index in [1.165, 1.54) is 12.4 Å². The Morgan fingerprint density at radius 3 is 2.91 bits per heavy atom. The van der Waals surface area contributed by atoms with Crippen LogP contribution in [0.1, 0.15) is 22.5 Å². The molecule has 0 radical (unpaired) electrons. The van der Waals surface area contributed by atoms with E-state index >= 15 is 0 Å². The minimum atomic E-state index is -0.0958. The van der Waals surface area contributed by atoms with E-state index in [1.54, 1.807) is 18.0 Å². The zero-order valence-electron chi connectivity index (χ0n) is 12.7. The Labute approximate surface area is 128 Å². The summed E-state index contributed by atoms with van der Waals surface area (Å²) in [6.45, 7) is 0.666. The van der Waals surface area contributed by atoms with Gasteiger partial charge in [-0.1, -0.05) is 0 Å². The molecule has 7 nitrogen and oxygen atoms in total. The molecule has 2 aromatic heterocycles. The molecule has 7 heteroatoms. The fraction of sp³-hybridized carbons (Fsp3) is 0.467. The van der Waals surface area contributed by atoms with Crippen LogP contribution >= 0.6 is 0 Å². The van der Waals surface area contributed by atoms with Gasteiger partial charge in [0.15, 0.2) is 0 Å². The summed E-state index contributed by atoms with van der Waals surface area (Å²) >= 11 is 0. The van der Waals surface area contributed by atoms with E-state index in [9.17, 15) is 4.79 Å². The van der Waals surface area contributed by atoms with Crippen LogP contribution in [-0.2, 0) is 18.2 Å². The molecule has 0 unspecified atom stereocenters. The van der Waals surface area contributed by atoms with E-state index in [0.717, 1.165) is 18.4 Å². The van der Waals surface area contributed by atoms with Crippen LogP contribution in [0, 0.1) is 0 Å². The SMILES string of the molecule is CO[C@@H]1CCN(C(=O)c2cnccn2)[C@H]1Cc1cnn(C)c1. The summed E-state index contributed by atoms with van der Waals surface area (Å²) in [6, 6.07) is -0.0105. The Morgan fingerprint density at radius 1 is 1.41 bits per heavy atom. The molecule has 116 valence electrons. The second-order valence-electron chi connectivity index (χ2n) is 5.45. The Kier molecular flexibility index (Phi) is 4.15. The van der Waals surface area contributed by atoms with Gasteiger partial charge in [-0.05, 0) is 18.4 Å². The number of carbonyl (C=O) groups excluding carboxylic acids is 1. The molecule has 0 bridgehead atoms. The molecule has 3 heterocycles. The van der Waals surface area contributed by atoms with Crippen LogP contribution in [0.3, 0.4) is 0 Å².